The quantitative estimate of drug-likeness (QED) is 0.548. The molecule has 1 amide bonds. The van der Waals surface area contributed by atoms with Gasteiger partial charge >= 0.3 is 0 Å². The molecule has 1 aromatic heterocycles. The average Bonchev–Trinajstić information content (AvgIpc) is 3.34. The number of nitrogens with one attached hydrogen (secondary N) is 1. The number of methoxy groups -OCH3 is 1. The molecule has 4 rings (SSSR count). The van der Waals surface area contributed by atoms with Crippen molar-refractivity contribution in [3.63, 3.8) is 0 Å². The molecule has 1 aliphatic heterocycles. The van der Waals surface area contributed by atoms with Crippen molar-refractivity contribution in [1.29, 1.82) is 0 Å². The van der Waals surface area contributed by atoms with E-state index in [9.17, 15) is 9.90 Å². The Morgan fingerprint density at radius 1 is 1.23 bits per heavy atom. The van der Waals surface area contributed by atoms with Crippen molar-refractivity contribution in [2.75, 3.05) is 33.3 Å². The molecule has 1 saturated heterocycles. The normalized spacial score (nSPS) is 14.8. The third kappa shape index (κ3) is 4.98. The van der Waals surface area contributed by atoms with E-state index in [1.54, 1.807) is 18.3 Å². The summed E-state index contributed by atoms with van der Waals surface area (Å²) in [4.78, 5) is 21.0. The molecule has 2 aromatic carbocycles. The van der Waals surface area contributed by atoms with Crippen LogP contribution in [-0.2, 0) is 0 Å². The number of quaternary nitrogens is 1. The van der Waals surface area contributed by atoms with Crippen LogP contribution in [0.4, 0.5) is 11.4 Å². The number of ether oxygens (including phenoxy) is 1. The van der Waals surface area contributed by atoms with Gasteiger partial charge < -0.3 is 14.7 Å². The van der Waals surface area contributed by atoms with Crippen LogP contribution in [0, 0.1) is 0 Å². The summed E-state index contributed by atoms with van der Waals surface area (Å²) in [6.07, 6.45) is 1.56. The lowest BCUT2D eigenvalue weighted by Gasteiger charge is -2.31. The lowest BCUT2D eigenvalue weighted by Crippen LogP contribution is -3.10. The Morgan fingerprint density at radius 3 is 2.61 bits per heavy atom. The first-order valence-electron chi connectivity index (χ1n) is 9.91. The molecule has 0 bridgehead atoms. The predicted octanol–water partition coefficient (Wildman–Crippen LogP) is 3.02. The Morgan fingerprint density at radius 2 is 1.97 bits per heavy atom. The summed E-state index contributed by atoms with van der Waals surface area (Å²) in [6.45, 7) is 3.22. The molecule has 0 spiro atoms. The topological polar surface area (TPSA) is 69.4 Å². The van der Waals surface area contributed by atoms with Crippen LogP contribution >= 0.6 is 27.3 Å². The Labute approximate surface area is 193 Å². The number of amides is 1. The van der Waals surface area contributed by atoms with Gasteiger partial charge in [0.05, 0.1) is 43.9 Å². The van der Waals surface area contributed by atoms with E-state index in [-0.39, 0.29) is 17.4 Å². The highest BCUT2D eigenvalue weighted by molar-refractivity contribution is 9.10. The van der Waals surface area contributed by atoms with Gasteiger partial charge in [-0.2, -0.15) is 0 Å². The number of hydrogen-bond acceptors (Lipinski definition) is 5. The van der Waals surface area contributed by atoms with Gasteiger partial charge in [0.25, 0.3) is 5.91 Å². The number of halogens is 1. The molecule has 0 aliphatic carbocycles. The number of piperazine rings is 1. The number of carbonyl (C=O) groups excluding carboxylic acids is 1. The lowest BCUT2D eigenvalue weighted by molar-refractivity contribution is -0.837. The summed E-state index contributed by atoms with van der Waals surface area (Å²) in [5.41, 5.74) is 2.41. The van der Waals surface area contributed by atoms with E-state index in [1.807, 2.05) is 34.5 Å². The van der Waals surface area contributed by atoms with E-state index in [1.165, 1.54) is 29.0 Å². The van der Waals surface area contributed by atoms with Gasteiger partial charge in [-0.3, -0.25) is 14.7 Å². The number of hydrogen-bond donors (Lipinski definition) is 1. The summed E-state index contributed by atoms with van der Waals surface area (Å²) in [5.74, 6) is 0.220. The Balaban J connectivity index is 1.39. The standard InChI is InChI=1S/C23H22BrN3O3S/c1-30-20-14-17(24)13-16(22(20)28)15-25-18-4-6-19(7-5-18)26-8-10-27(11-9-26)23(29)21-3-2-12-31-21/h2-7,12-15,28H,8-11H2,1H3. The summed E-state index contributed by atoms with van der Waals surface area (Å²) in [6, 6.07) is 15.2. The van der Waals surface area contributed by atoms with E-state index in [2.05, 4.69) is 33.1 Å². The molecule has 160 valence electrons. The second kappa shape index (κ2) is 9.64. The van der Waals surface area contributed by atoms with Gasteiger partial charge in [0.2, 0.25) is 0 Å². The lowest BCUT2D eigenvalue weighted by atomic mass is 10.2. The first-order valence-corrected chi connectivity index (χ1v) is 11.6. The molecule has 2 heterocycles. The van der Waals surface area contributed by atoms with Gasteiger partial charge in [0.15, 0.2) is 0 Å². The second-order valence-electron chi connectivity index (χ2n) is 7.20. The summed E-state index contributed by atoms with van der Waals surface area (Å²) < 4.78 is 5.88. The van der Waals surface area contributed by atoms with Crippen molar-refractivity contribution >= 4 is 50.8 Å². The van der Waals surface area contributed by atoms with Crippen molar-refractivity contribution in [2.24, 2.45) is 4.99 Å². The zero-order valence-electron chi connectivity index (χ0n) is 17.0. The largest absolute Gasteiger partial charge is 0.870 e. The predicted molar refractivity (Wildman–Crippen MR) is 124 cm³/mol. The van der Waals surface area contributed by atoms with Crippen LogP contribution < -0.4 is 14.7 Å². The molecule has 3 aromatic rings. The SMILES string of the molecule is COc1cc(Br)cc(C=Nc2ccc([NH+]3CCN(C(=O)c4cccs4)CC3)cc2)c1[O-]. The highest BCUT2D eigenvalue weighted by Gasteiger charge is 2.26. The van der Waals surface area contributed by atoms with Gasteiger partial charge in [-0.05, 0) is 41.3 Å². The molecule has 31 heavy (non-hydrogen) atoms. The number of thiophene rings is 1. The molecule has 6 nitrogen and oxygen atoms in total. The Kier molecular flexibility index (Phi) is 6.70. The maximum Gasteiger partial charge on any atom is 0.264 e. The van der Waals surface area contributed by atoms with E-state index in [0.29, 0.717) is 5.56 Å². The van der Waals surface area contributed by atoms with Crippen molar-refractivity contribution in [2.45, 2.75) is 0 Å². The smallest absolute Gasteiger partial charge is 0.264 e. The first-order chi connectivity index (χ1) is 15.0. The zero-order valence-corrected chi connectivity index (χ0v) is 19.4. The first kappa shape index (κ1) is 21.5. The van der Waals surface area contributed by atoms with Crippen LogP contribution in [0.15, 0.2) is 63.4 Å². The van der Waals surface area contributed by atoms with Crippen LogP contribution in [0.25, 0.3) is 0 Å². The van der Waals surface area contributed by atoms with Crippen LogP contribution in [0.3, 0.4) is 0 Å². The minimum Gasteiger partial charge on any atom is -0.870 e. The van der Waals surface area contributed by atoms with Gasteiger partial charge in [-0.1, -0.05) is 27.7 Å². The fraction of sp³-hybridized carbons (Fsp3) is 0.217. The average molecular weight is 500 g/mol. The molecule has 1 fully saturated rings. The zero-order chi connectivity index (χ0) is 21.8. The van der Waals surface area contributed by atoms with Crippen LogP contribution in [0.5, 0.6) is 11.5 Å². The number of nitrogens with zero attached hydrogens (tertiary/aromatic N) is 2. The highest BCUT2D eigenvalue weighted by Crippen LogP contribution is 2.30. The van der Waals surface area contributed by atoms with E-state index in [4.69, 9.17) is 4.74 Å². The summed E-state index contributed by atoms with van der Waals surface area (Å²) >= 11 is 4.87. The number of aliphatic imine (C=N–C) groups is 1. The van der Waals surface area contributed by atoms with Gasteiger partial charge in [-0.25, -0.2) is 0 Å². The molecule has 0 saturated carbocycles. The van der Waals surface area contributed by atoms with Gasteiger partial charge in [0, 0.05) is 22.8 Å². The Hall–Kier alpha value is -2.68. The molecular weight excluding hydrogens is 478 g/mol. The van der Waals surface area contributed by atoms with Crippen LogP contribution in [0.2, 0.25) is 0 Å². The van der Waals surface area contributed by atoms with Gasteiger partial charge in [-0.15, -0.1) is 11.3 Å². The fourth-order valence-corrected chi connectivity index (χ4v) is 4.73. The molecule has 8 heteroatoms. The van der Waals surface area contributed by atoms with Crippen molar-refractivity contribution < 1.29 is 19.5 Å². The van der Waals surface area contributed by atoms with E-state index >= 15 is 0 Å². The highest BCUT2D eigenvalue weighted by atomic mass is 79.9. The maximum atomic E-state index is 12.5. The molecule has 1 N–H and O–H groups in total. The van der Waals surface area contributed by atoms with Crippen LogP contribution in [-0.4, -0.2) is 50.3 Å². The molecule has 0 radical (unpaired) electrons. The third-order valence-corrected chi connectivity index (χ3v) is 6.60. The van der Waals surface area contributed by atoms with Crippen molar-refractivity contribution in [3.05, 3.63) is 68.8 Å². The molecule has 0 unspecified atom stereocenters. The monoisotopic (exact) mass is 499 g/mol. The summed E-state index contributed by atoms with van der Waals surface area (Å²) in [5, 5.41) is 14.3. The Bertz CT molecular complexity index is 1080. The van der Waals surface area contributed by atoms with Crippen molar-refractivity contribution in [1.82, 2.24) is 4.90 Å². The van der Waals surface area contributed by atoms with Crippen molar-refractivity contribution in [3.8, 4) is 11.5 Å². The number of benzene rings is 2. The summed E-state index contributed by atoms with van der Waals surface area (Å²) in [7, 11) is 1.48. The number of carbonyl (C=O) groups is 1. The molecule has 0 atom stereocenters. The van der Waals surface area contributed by atoms with E-state index < -0.39 is 0 Å². The second-order valence-corrected chi connectivity index (χ2v) is 9.07. The minimum absolute atomic E-state index is 0.126. The number of rotatable bonds is 5. The minimum atomic E-state index is -0.189. The molecule has 1 aliphatic rings. The van der Waals surface area contributed by atoms with Gasteiger partial charge in [0.1, 0.15) is 11.4 Å². The maximum absolute atomic E-state index is 12.5. The van der Waals surface area contributed by atoms with Crippen LogP contribution in [0.1, 0.15) is 15.2 Å². The third-order valence-electron chi connectivity index (χ3n) is 5.28. The molecular formula is C23H22BrN3O3S. The van der Waals surface area contributed by atoms with E-state index in [0.717, 1.165) is 41.2 Å². The fourth-order valence-electron chi connectivity index (χ4n) is 3.59.